The van der Waals surface area contributed by atoms with Gasteiger partial charge in [-0.2, -0.15) is 8.42 Å². The van der Waals surface area contributed by atoms with E-state index in [-0.39, 0.29) is 58.0 Å². The summed E-state index contributed by atoms with van der Waals surface area (Å²) in [5.41, 5.74) is 0. The molecule has 0 heterocycles. The molecule has 0 saturated carbocycles. The molecule has 0 rings (SSSR count). The number of carbonyl (C=O) groups is 2. The van der Waals surface area contributed by atoms with Crippen molar-refractivity contribution < 1.29 is 78.7 Å². The average Bonchev–Trinajstić information content (AvgIpc) is 1.98. The molecule has 1 unspecified atom stereocenters. The number of ether oxygens (including phenoxy) is 1. The Kier molecular flexibility index (Phi) is 9.49. The standard InChI is InChI=1S/C7H12O6S.K/c1-3-13-7(9)6(5(2)8)4-14(10,11)12;/h6H,3-4H2,1-2H3,(H,10,11,12);/q;+1. The zero-order chi connectivity index (χ0) is 11.4. The van der Waals surface area contributed by atoms with Crippen molar-refractivity contribution in [2.45, 2.75) is 13.8 Å². The molecule has 0 aliphatic carbocycles. The summed E-state index contributed by atoms with van der Waals surface area (Å²) >= 11 is 0. The van der Waals surface area contributed by atoms with E-state index in [2.05, 4.69) is 4.74 Å². The zero-order valence-electron chi connectivity index (χ0n) is 8.89. The third kappa shape index (κ3) is 8.49. The minimum atomic E-state index is -4.35. The summed E-state index contributed by atoms with van der Waals surface area (Å²) in [5, 5.41) is 0. The van der Waals surface area contributed by atoms with Crippen molar-refractivity contribution in [2.75, 3.05) is 12.4 Å². The average molecular weight is 263 g/mol. The summed E-state index contributed by atoms with van der Waals surface area (Å²) < 4.78 is 33.8. The fraction of sp³-hybridized carbons (Fsp3) is 0.714. The SMILES string of the molecule is CCOC(=O)C(CS(=O)(=O)O)C(C)=O.[K+]. The Morgan fingerprint density at radius 2 is 1.87 bits per heavy atom. The van der Waals surface area contributed by atoms with Crippen LogP contribution in [0.5, 0.6) is 0 Å². The summed E-state index contributed by atoms with van der Waals surface area (Å²) in [5.74, 6) is -3.95. The molecular weight excluding hydrogens is 251 g/mol. The second kappa shape index (κ2) is 7.88. The van der Waals surface area contributed by atoms with Gasteiger partial charge in [-0.05, 0) is 13.8 Å². The van der Waals surface area contributed by atoms with E-state index in [1.54, 1.807) is 0 Å². The molecule has 0 aliphatic rings. The number of hydrogen-bond acceptors (Lipinski definition) is 5. The van der Waals surface area contributed by atoms with E-state index in [9.17, 15) is 18.0 Å². The van der Waals surface area contributed by atoms with Gasteiger partial charge in [0.1, 0.15) is 11.7 Å². The van der Waals surface area contributed by atoms with E-state index >= 15 is 0 Å². The van der Waals surface area contributed by atoms with E-state index in [0.717, 1.165) is 6.92 Å². The van der Waals surface area contributed by atoms with Crippen molar-refractivity contribution >= 4 is 21.9 Å². The Morgan fingerprint density at radius 3 is 2.13 bits per heavy atom. The van der Waals surface area contributed by atoms with Crippen molar-refractivity contribution in [2.24, 2.45) is 5.92 Å². The van der Waals surface area contributed by atoms with Gasteiger partial charge >= 0.3 is 57.4 Å². The van der Waals surface area contributed by atoms with E-state index < -0.39 is 33.5 Å². The first kappa shape index (κ1) is 18.1. The molecule has 0 saturated heterocycles. The fourth-order valence-electron chi connectivity index (χ4n) is 0.805. The second-order valence-electron chi connectivity index (χ2n) is 2.66. The van der Waals surface area contributed by atoms with E-state index in [4.69, 9.17) is 4.55 Å². The molecule has 8 heteroatoms. The third-order valence-corrected chi connectivity index (χ3v) is 2.19. The van der Waals surface area contributed by atoms with Crippen molar-refractivity contribution in [1.29, 1.82) is 0 Å². The number of ketones is 1. The van der Waals surface area contributed by atoms with Crippen LogP contribution in [0.4, 0.5) is 0 Å². The van der Waals surface area contributed by atoms with Gasteiger partial charge in [-0.1, -0.05) is 0 Å². The zero-order valence-corrected chi connectivity index (χ0v) is 12.8. The molecule has 15 heavy (non-hydrogen) atoms. The normalized spacial score (nSPS) is 12.5. The first-order valence-electron chi connectivity index (χ1n) is 3.90. The van der Waals surface area contributed by atoms with Crippen LogP contribution in [0.25, 0.3) is 0 Å². The molecule has 82 valence electrons. The van der Waals surface area contributed by atoms with Crippen LogP contribution in [0.2, 0.25) is 0 Å². The molecular formula is C7H12KO6S+. The van der Waals surface area contributed by atoms with Gasteiger partial charge in [-0.15, -0.1) is 0 Å². The molecule has 0 aromatic carbocycles. The van der Waals surface area contributed by atoms with Gasteiger partial charge in [0.15, 0.2) is 0 Å². The van der Waals surface area contributed by atoms with Gasteiger partial charge in [0.25, 0.3) is 10.1 Å². The Hall–Kier alpha value is 0.686. The maximum Gasteiger partial charge on any atom is 1.00 e. The fourth-order valence-corrected chi connectivity index (χ4v) is 1.60. The molecule has 0 fully saturated rings. The molecule has 0 aliphatic heterocycles. The molecule has 0 aromatic heterocycles. The molecule has 0 bridgehead atoms. The summed E-state index contributed by atoms with van der Waals surface area (Å²) in [6.07, 6.45) is 0. The smallest absolute Gasteiger partial charge is 0.465 e. The van der Waals surface area contributed by atoms with Crippen LogP contribution >= 0.6 is 0 Å². The summed E-state index contributed by atoms with van der Waals surface area (Å²) in [6.45, 7) is 2.64. The Labute approximate surface area is 131 Å². The van der Waals surface area contributed by atoms with Crippen molar-refractivity contribution in [3.05, 3.63) is 0 Å². The number of Topliss-reactive ketones (excluding diaryl/α,β-unsaturated/α-hetero) is 1. The Morgan fingerprint density at radius 1 is 1.40 bits per heavy atom. The van der Waals surface area contributed by atoms with Gasteiger partial charge < -0.3 is 4.74 Å². The maximum atomic E-state index is 11.0. The van der Waals surface area contributed by atoms with Crippen molar-refractivity contribution in [1.82, 2.24) is 0 Å². The quantitative estimate of drug-likeness (QED) is 0.241. The number of esters is 1. The maximum absolute atomic E-state index is 11.0. The number of carbonyl (C=O) groups excluding carboxylic acids is 2. The molecule has 6 nitrogen and oxygen atoms in total. The first-order valence-corrected chi connectivity index (χ1v) is 5.51. The number of hydrogen-bond donors (Lipinski definition) is 1. The number of rotatable bonds is 5. The van der Waals surface area contributed by atoms with E-state index in [1.165, 1.54) is 6.92 Å². The second-order valence-corrected chi connectivity index (χ2v) is 4.16. The van der Waals surface area contributed by atoms with Crippen LogP contribution in [-0.2, 0) is 24.4 Å². The first-order chi connectivity index (χ1) is 6.28. The van der Waals surface area contributed by atoms with Crippen molar-refractivity contribution in [3.63, 3.8) is 0 Å². The summed E-state index contributed by atoms with van der Waals surface area (Å²) in [6, 6.07) is 0. The van der Waals surface area contributed by atoms with Crippen LogP contribution in [0, 0.1) is 5.92 Å². The van der Waals surface area contributed by atoms with Crippen LogP contribution in [0.1, 0.15) is 13.8 Å². The summed E-state index contributed by atoms with van der Waals surface area (Å²) in [7, 11) is -4.35. The minimum Gasteiger partial charge on any atom is -0.465 e. The van der Waals surface area contributed by atoms with E-state index in [1.807, 2.05) is 0 Å². The van der Waals surface area contributed by atoms with Crippen LogP contribution in [0.3, 0.4) is 0 Å². The van der Waals surface area contributed by atoms with Crippen LogP contribution in [-0.4, -0.2) is 37.1 Å². The van der Waals surface area contributed by atoms with E-state index in [0.29, 0.717) is 0 Å². The van der Waals surface area contributed by atoms with Crippen LogP contribution in [0.15, 0.2) is 0 Å². The monoisotopic (exact) mass is 263 g/mol. The van der Waals surface area contributed by atoms with Gasteiger partial charge in [0.2, 0.25) is 0 Å². The third-order valence-electron chi connectivity index (χ3n) is 1.44. The summed E-state index contributed by atoms with van der Waals surface area (Å²) in [4.78, 5) is 21.9. The predicted octanol–water partition coefficient (Wildman–Crippen LogP) is -3.35. The minimum absolute atomic E-state index is 0. The van der Waals surface area contributed by atoms with Gasteiger partial charge in [0, 0.05) is 0 Å². The molecule has 0 amide bonds. The van der Waals surface area contributed by atoms with Crippen molar-refractivity contribution in [3.8, 4) is 0 Å². The van der Waals surface area contributed by atoms with Gasteiger partial charge in [-0.25, -0.2) is 0 Å². The molecule has 0 aromatic rings. The molecule has 1 atom stereocenters. The Bertz CT molecular complexity index is 322. The topological polar surface area (TPSA) is 97.7 Å². The molecule has 0 radical (unpaired) electrons. The van der Waals surface area contributed by atoms with Gasteiger partial charge in [-0.3, -0.25) is 14.1 Å². The van der Waals surface area contributed by atoms with Crippen LogP contribution < -0.4 is 51.4 Å². The molecule has 1 N–H and O–H groups in total. The molecule has 0 spiro atoms. The Balaban J connectivity index is 0. The predicted molar refractivity (Wildman–Crippen MR) is 47.2 cm³/mol. The largest absolute Gasteiger partial charge is 1.00 e. The van der Waals surface area contributed by atoms with Gasteiger partial charge in [0.05, 0.1) is 12.4 Å².